The van der Waals surface area contributed by atoms with Gasteiger partial charge in [0.2, 0.25) is 0 Å². The van der Waals surface area contributed by atoms with Crippen LogP contribution in [-0.4, -0.2) is 4.98 Å². The lowest BCUT2D eigenvalue weighted by Gasteiger charge is -2.12. The van der Waals surface area contributed by atoms with E-state index in [9.17, 15) is 0 Å². The lowest BCUT2D eigenvalue weighted by Crippen LogP contribution is -1.96. The molecule has 3 aromatic rings. The van der Waals surface area contributed by atoms with Crippen LogP contribution in [0.2, 0.25) is 10.0 Å². The molecule has 0 fully saturated rings. The van der Waals surface area contributed by atoms with Gasteiger partial charge >= 0.3 is 0 Å². The topological polar surface area (TPSA) is 50.9 Å². The van der Waals surface area contributed by atoms with E-state index in [1.54, 1.807) is 12.3 Å². The van der Waals surface area contributed by atoms with Gasteiger partial charge in [0.15, 0.2) is 0 Å². The minimum atomic E-state index is 0.489. The molecule has 5 heteroatoms. The van der Waals surface area contributed by atoms with Gasteiger partial charge in [-0.25, -0.2) is 0 Å². The second kappa shape index (κ2) is 5.19. The van der Waals surface area contributed by atoms with Crippen LogP contribution in [0.1, 0.15) is 0 Å². The Morgan fingerprint density at radius 2 is 1.80 bits per heavy atom. The Hall–Kier alpha value is -1.97. The molecule has 0 spiro atoms. The zero-order chi connectivity index (χ0) is 14.1. The summed E-state index contributed by atoms with van der Waals surface area (Å²) in [6, 6.07) is 13.0. The fourth-order valence-electron chi connectivity index (χ4n) is 2.05. The number of nitrogens with one attached hydrogen (secondary N) is 1. The maximum Gasteiger partial charge on any atom is 0.0951 e. The van der Waals surface area contributed by atoms with Gasteiger partial charge in [-0.05, 0) is 36.4 Å². The van der Waals surface area contributed by atoms with Crippen LogP contribution in [0.15, 0.2) is 48.7 Å². The van der Waals surface area contributed by atoms with Crippen molar-refractivity contribution >= 4 is 51.2 Å². The quantitative estimate of drug-likeness (QED) is 0.664. The molecule has 0 atom stereocenters. The minimum absolute atomic E-state index is 0.489. The van der Waals surface area contributed by atoms with Crippen molar-refractivity contribution in [3.05, 3.63) is 58.7 Å². The molecular formula is C15H11Cl2N3. The monoisotopic (exact) mass is 303 g/mol. The number of nitrogens with zero attached hydrogens (tertiary/aromatic N) is 1. The summed E-state index contributed by atoms with van der Waals surface area (Å²) in [5.41, 5.74) is 8.96. The largest absolute Gasteiger partial charge is 0.397 e. The molecule has 0 bridgehead atoms. The van der Waals surface area contributed by atoms with Crippen LogP contribution < -0.4 is 11.1 Å². The number of fused-ring (bicyclic) bond motifs is 1. The Labute approximate surface area is 126 Å². The predicted molar refractivity (Wildman–Crippen MR) is 85.9 cm³/mol. The zero-order valence-electron chi connectivity index (χ0n) is 10.4. The van der Waals surface area contributed by atoms with Gasteiger partial charge in [0.25, 0.3) is 0 Å². The Bertz CT molecular complexity index is 787. The highest BCUT2D eigenvalue weighted by Crippen LogP contribution is 2.34. The molecule has 0 unspecified atom stereocenters. The Morgan fingerprint density at radius 1 is 0.950 bits per heavy atom. The zero-order valence-corrected chi connectivity index (χ0v) is 11.9. The van der Waals surface area contributed by atoms with E-state index in [0.717, 1.165) is 22.3 Å². The number of anilines is 3. The van der Waals surface area contributed by atoms with Crippen molar-refractivity contribution in [3.63, 3.8) is 0 Å². The molecule has 0 aliphatic heterocycles. The molecule has 0 aliphatic rings. The molecule has 0 aliphatic carbocycles. The van der Waals surface area contributed by atoms with Crippen molar-refractivity contribution in [3.8, 4) is 0 Å². The van der Waals surface area contributed by atoms with Crippen molar-refractivity contribution in [2.75, 3.05) is 11.1 Å². The lowest BCUT2D eigenvalue weighted by molar-refractivity contribution is 1.41. The smallest absolute Gasteiger partial charge is 0.0951 e. The molecule has 0 saturated heterocycles. The normalized spacial score (nSPS) is 10.7. The van der Waals surface area contributed by atoms with Crippen molar-refractivity contribution < 1.29 is 0 Å². The van der Waals surface area contributed by atoms with E-state index in [0.29, 0.717) is 15.7 Å². The van der Waals surface area contributed by atoms with Gasteiger partial charge in [-0.2, -0.15) is 0 Å². The summed E-state index contributed by atoms with van der Waals surface area (Å²) < 4.78 is 0. The van der Waals surface area contributed by atoms with Crippen LogP contribution in [0.3, 0.4) is 0 Å². The third-order valence-electron chi connectivity index (χ3n) is 3.02. The number of rotatable bonds is 2. The first-order chi connectivity index (χ1) is 9.66. The fraction of sp³-hybridized carbons (Fsp3) is 0. The third kappa shape index (κ3) is 2.26. The van der Waals surface area contributed by atoms with E-state index in [1.165, 1.54) is 0 Å². The van der Waals surface area contributed by atoms with Gasteiger partial charge < -0.3 is 11.1 Å². The average molecular weight is 304 g/mol. The SMILES string of the molecule is Nc1ccc(Nc2cccc(Cl)c2Cl)c2cccnc12. The molecule has 100 valence electrons. The fourth-order valence-corrected chi connectivity index (χ4v) is 2.40. The summed E-state index contributed by atoms with van der Waals surface area (Å²) in [6.45, 7) is 0. The van der Waals surface area contributed by atoms with Crippen LogP contribution in [0.5, 0.6) is 0 Å². The van der Waals surface area contributed by atoms with Crippen molar-refractivity contribution in [1.82, 2.24) is 4.98 Å². The number of nitrogen functional groups attached to an aromatic ring is 1. The molecule has 0 amide bonds. The van der Waals surface area contributed by atoms with Crippen molar-refractivity contribution in [1.29, 1.82) is 0 Å². The number of aromatic nitrogens is 1. The van der Waals surface area contributed by atoms with Crippen LogP contribution in [0.25, 0.3) is 10.9 Å². The highest BCUT2D eigenvalue weighted by molar-refractivity contribution is 6.43. The number of halogens is 2. The highest BCUT2D eigenvalue weighted by atomic mass is 35.5. The Balaban J connectivity index is 2.12. The molecule has 0 saturated carbocycles. The number of hydrogen-bond acceptors (Lipinski definition) is 3. The maximum absolute atomic E-state index is 6.19. The summed E-state index contributed by atoms with van der Waals surface area (Å²) in [4.78, 5) is 4.30. The van der Waals surface area contributed by atoms with E-state index < -0.39 is 0 Å². The summed E-state index contributed by atoms with van der Waals surface area (Å²) in [5, 5.41) is 5.20. The summed E-state index contributed by atoms with van der Waals surface area (Å²) >= 11 is 12.2. The Kier molecular flexibility index (Phi) is 3.38. The van der Waals surface area contributed by atoms with Crippen LogP contribution in [0.4, 0.5) is 17.1 Å². The molecule has 0 radical (unpaired) electrons. The molecule has 1 aromatic heterocycles. The van der Waals surface area contributed by atoms with Gasteiger partial charge in [0, 0.05) is 17.3 Å². The van der Waals surface area contributed by atoms with Crippen molar-refractivity contribution in [2.45, 2.75) is 0 Å². The second-order valence-corrected chi connectivity index (χ2v) is 5.11. The molecule has 2 aromatic carbocycles. The van der Waals surface area contributed by atoms with Gasteiger partial charge in [0.05, 0.1) is 26.9 Å². The Morgan fingerprint density at radius 3 is 2.65 bits per heavy atom. The van der Waals surface area contributed by atoms with Gasteiger partial charge in [0.1, 0.15) is 0 Å². The first-order valence-corrected chi connectivity index (χ1v) is 6.76. The maximum atomic E-state index is 6.19. The highest BCUT2D eigenvalue weighted by Gasteiger charge is 2.08. The average Bonchev–Trinajstić information content (AvgIpc) is 2.47. The minimum Gasteiger partial charge on any atom is -0.397 e. The molecule has 3 nitrogen and oxygen atoms in total. The van der Waals surface area contributed by atoms with Gasteiger partial charge in [-0.1, -0.05) is 29.3 Å². The first-order valence-electron chi connectivity index (χ1n) is 6.01. The molecule has 3 rings (SSSR count). The summed E-state index contributed by atoms with van der Waals surface area (Å²) in [6.07, 6.45) is 1.72. The van der Waals surface area contributed by atoms with E-state index in [1.807, 2.05) is 36.4 Å². The number of benzene rings is 2. The molecule has 1 heterocycles. The van der Waals surface area contributed by atoms with Gasteiger partial charge in [-0.15, -0.1) is 0 Å². The molecule has 3 N–H and O–H groups in total. The first kappa shape index (κ1) is 13.0. The van der Waals surface area contributed by atoms with E-state index in [2.05, 4.69) is 10.3 Å². The number of nitrogens with two attached hydrogens (primary N) is 1. The van der Waals surface area contributed by atoms with Gasteiger partial charge in [-0.3, -0.25) is 4.98 Å². The number of hydrogen-bond donors (Lipinski definition) is 2. The summed E-state index contributed by atoms with van der Waals surface area (Å²) in [5.74, 6) is 0. The van der Waals surface area contributed by atoms with Crippen molar-refractivity contribution in [2.24, 2.45) is 0 Å². The predicted octanol–water partition coefficient (Wildman–Crippen LogP) is 4.87. The van der Waals surface area contributed by atoms with Crippen LogP contribution in [0, 0.1) is 0 Å². The third-order valence-corrected chi connectivity index (χ3v) is 3.84. The van der Waals surface area contributed by atoms with E-state index >= 15 is 0 Å². The second-order valence-electron chi connectivity index (χ2n) is 4.33. The van der Waals surface area contributed by atoms with Crippen LogP contribution >= 0.6 is 23.2 Å². The van der Waals surface area contributed by atoms with Crippen LogP contribution in [-0.2, 0) is 0 Å². The van der Waals surface area contributed by atoms with E-state index in [4.69, 9.17) is 28.9 Å². The van der Waals surface area contributed by atoms with E-state index in [-0.39, 0.29) is 0 Å². The number of pyridine rings is 1. The molecular weight excluding hydrogens is 293 g/mol. The molecule has 20 heavy (non-hydrogen) atoms. The lowest BCUT2D eigenvalue weighted by atomic mass is 10.1. The summed E-state index contributed by atoms with van der Waals surface area (Å²) in [7, 11) is 0. The standard InChI is InChI=1S/C15H11Cl2N3/c16-10-4-1-5-13(14(10)17)20-12-7-6-11(18)15-9(12)3-2-8-19-15/h1-8,20H,18H2.